The number of ether oxygens (including phenoxy) is 1. The van der Waals surface area contributed by atoms with Crippen molar-refractivity contribution >= 4 is 17.6 Å². The lowest BCUT2D eigenvalue weighted by Gasteiger charge is -2.36. The number of carbonyl (C=O) groups is 3. The van der Waals surface area contributed by atoms with E-state index in [2.05, 4.69) is 14.9 Å². The van der Waals surface area contributed by atoms with Crippen LogP contribution in [0.2, 0.25) is 0 Å². The van der Waals surface area contributed by atoms with Crippen molar-refractivity contribution < 1.29 is 19.1 Å². The molecule has 37 heavy (non-hydrogen) atoms. The third-order valence-electron chi connectivity index (χ3n) is 8.47. The SMILES string of the molecule is CC(C)(C)[C@H](C(=O)N1C[C@H](N=[N+]=[N-])[C@H]2OCC(=O)[C@H]21)c1cc(C2CCN(C3CC3)CC2)ccc1C(N)=O. The van der Waals surface area contributed by atoms with Gasteiger partial charge >= 0.3 is 0 Å². The van der Waals surface area contributed by atoms with E-state index >= 15 is 0 Å². The van der Waals surface area contributed by atoms with Gasteiger partial charge in [-0.15, -0.1) is 0 Å². The second kappa shape index (κ2) is 9.74. The number of ketones is 1. The van der Waals surface area contributed by atoms with Gasteiger partial charge in [0.15, 0.2) is 5.78 Å². The third kappa shape index (κ3) is 4.85. The molecule has 5 rings (SSSR count). The van der Waals surface area contributed by atoms with Crippen LogP contribution in [0.5, 0.6) is 0 Å². The highest BCUT2D eigenvalue weighted by Gasteiger charge is 2.54. The molecule has 1 aliphatic carbocycles. The minimum Gasteiger partial charge on any atom is -0.367 e. The molecule has 0 unspecified atom stereocenters. The first-order valence-corrected chi connectivity index (χ1v) is 13.3. The number of carbonyl (C=O) groups excluding carboxylic acids is 3. The maximum Gasteiger partial charge on any atom is 0.249 e. The van der Waals surface area contributed by atoms with E-state index < -0.39 is 35.4 Å². The van der Waals surface area contributed by atoms with E-state index in [0.717, 1.165) is 37.5 Å². The van der Waals surface area contributed by atoms with Crippen molar-refractivity contribution in [1.82, 2.24) is 9.80 Å². The number of fused-ring (bicyclic) bond motifs is 1. The summed E-state index contributed by atoms with van der Waals surface area (Å²) in [6.07, 6.45) is 4.02. The molecule has 3 heterocycles. The maximum absolute atomic E-state index is 14.2. The Labute approximate surface area is 217 Å². The molecule has 4 fully saturated rings. The molecule has 0 spiro atoms. The van der Waals surface area contributed by atoms with Gasteiger partial charge in [0, 0.05) is 23.1 Å². The fourth-order valence-electron chi connectivity index (χ4n) is 6.50. The van der Waals surface area contributed by atoms with Gasteiger partial charge in [-0.3, -0.25) is 14.4 Å². The van der Waals surface area contributed by atoms with Crippen LogP contribution in [0, 0.1) is 5.41 Å². The third-order valence-corrected chi connectivity index (χ3v) is 8.47. The molecule has 1 aromatic carbocycles. The number of nitrogens with zero attached hydrogens (tertiary/aromatic N) is 5. The standard InChI is InChI=1S/C27H36N6O4/c1-27(2,3)22(26(36)33-13-20(30-31-29)24-23(33)21(34)14-37-24)19-12-16(4-7-18(19)25(28)35)15-8-10-32(11-9-15)17-5-6-17/h4,7,12,15,17,20,22-24H,5-6,8-11,13-14H2,1-3H3,(H2,28,35)/t20-,22-,23+,24+/m0/s1. The van der Waals surface area contributed by atoms with Crippen LogP contribution >= 0.6 is 0 Å². The zero-order valence-electron chi connectivity index (χ0n) is 21.8. The molecule has 2 amide bonds. The molecular weight excluding hydrogens is 472 g/mol. The predicted molar refractivity (Wildman–Crippen MR) is 137 cm³/mol. The van der Waals surface area contributed by atoms with Gasteiger partial charge in [0.2, 0.25) is 11.8 Å². The zero-order valence-corrected chi connectivity index (χ0v) is 21.8. The Kier molecular flexibility index (Phi) is 6.77. The summed E-state index contributed by atoms with van der Waals surface area (Å²) in [6.45, 7) is 7.96. The van der Waals surface area contributed by atoms with Crippen LogP contribution in [0.3, 0.4) is 0 Å². The summed E-state index contributed by atoms with van der Waals surface area (Å²) in [6, 6.07) is 5.05. The second-order valence-electron chi connectivity index (χ2n) is 12.0. The second-order valence-corrected chi connectivity index (χ2v) is 12.0. The summed E-state index contributed by atoms with van der Waals surface area (Å²) >= 11 is 0. The first kappa shape index (κ1) is 25.7. The van der Waals surface area contributed by atoms with Gasteiger partial charge < -0.3 is 20.3 Å². The normalized spacial score (nSPS) is 27.6. The molecule has 0 radical (unpaired) electrons. The van der Waals surface area contributed by atoms with Gasteiger partial charge in [-0.25, -0.2) is 0 Å². The van der Waals surface area contributed by atoms with Crippen LogP contribution in [-0.2, 0) is 14.3 Å². The number of hydrogen-bond donors (Lipinski definition) is 1. The first-order chi connectivity index (χ1) is 17.6. The van der Waals surface area contributed by atoms with E-state index in [1.807, 2.05) is 32.9 Å². The van der Waals surface area contributed by atoms with Gasteiger partial charge in [0.25, 0.3) is 0 Å². The summed E-state index contributed by atoms with van der Waals surface area (Å²) < 4.78 is 5.61. The highest BCUT2D eigenvalue weighted by Crippen LogP contribution is 2.43. The number of Topliss-reactive ketones (excluding diaryl/α,β-unsaturated/α-hetero) is 1. The van der Waals surface area contributed by atoms with E-state index in [0.29, 0.717) is 17.0 Å². The van der Waals surface area contributed by atoms with Crippen molar-refractivity contribution in [3.63, 3.8) is 0 Å². The topological polar surface area (TPSA) is 142 Å². The Morgan fingerprint density at radius 3 is 2.49 bits per heavy atom. The Bertz CT molecular complexity index is 1140. The van der Waals surface area contributed by atoms with E-state index in [-0.39, 0.29) is 24.8 Å². The average molecular weight is 509 g/mol. The Morgan fingerprint density at radius 1 is 1.19 bits per heavy atom. The zero-order chi connectivity index (χ0) is 26.5. The molecular formula is C27H36N6O4. The summed E-state index contributed by atoms with van der Waals surface area (Å²) in [7, 11) is 0. The van der Waals surface area contributed by atoms with Gasteiger partial charge in [0.05, 0.1) is 18.1 Å². The molecule has 10 nitrogen and oxygen atoms in total. The molecule has 3 aliphatic heterocycles. The molecule has 3 saturated heterocycles. The molecule has 1 saturated carbocycles. The maximum atomic E-state index is 14.2. The molecule has 0 bridgehead atoms. The van der Waals surface area contributed by atoms with Crippen LogP contribution in [-0.4, -0.2) is 77.9 Å². The van der Waals surface area contributed by atoms with Crippen molar-refractivity contribution in [2.75, 3.05) is 26.2 Å². The Balaban J connectivity index is 1.49. The van der Waals surface area contributed by atoms with Crippen LogP contribution in [0.4, 0.5) is 0 Å². The highest BCUT2D eigenvalue weighted by molar-refractivity contribution is 5.99. The Hall–Kier alpha value is -2.94. The number of benzene rings is 1. The highest BCUT2D eigenvalue weighted by atomic mass is 16.5. The first-order valence-electron chi connectivity index (χ1n) is 13.3. The minimum atomic E-state index is -0.792. The molecule has 4 atom stereocenters. The molecule has 10 heteroatoms. The quantitative estimate of drug-likeness (QED) is 0.357. The molecule has 198 valence electrons. The van der Waals surface area contributed by atoms with E-state index in [1.165, 1.54) is 17.7 Å². The fraction of sp³-hybridized carbons (Fsp3) is 0.667. The molecule has 0 aromatic heterocycles. The number of rotatable bonds is 6. The molecule has 4 aliphatic rings. The van der Waals surface area contributed by atoms with Crippen LogP contribution < -0.4 is 5.73 Å². The number of azide groups is 1. The lowest BCUT2D eigenvalue weighted by molar-refractivity contribution is -0.139. The average Bonchev–Trinajstić information content (AvgIpc) is 3.54. The Morgan fingerprint density at radius 2 is 1.89 bits per heavy atom. The molecule has 2 N–H and O–H groups in total. The summed E-state index contributed by atoms with van der Waals surface area (Å²) in [4.78, 5) is 46.5. The number of nitrogens with two attached hydrogens (primary N) is 1. The number of amides is 2. The van der Waals surface area contributed by atoms with Gasteiger partial charge in [0.1, 0.15) is 12.6 Å². The van der Waals surface area contributed by atoms with Gasteiger partial charge in [-0.1, -0.05) is 38.0 Å². The fourth-order valence-corrected chi connectivity index (χ4v) is 6.50. The minimum absolute atomic E-state index is 0.0990. The van der Waals surface area contributed by atoms with E-state index in [4.69, 9.17) is 16.0 Å². The van der Waals surface area contributed by atoms with Crippen molar-refractivity contribution in [2.24, 2.45) is 16.3 Å². The molecule has 1 aromatic rings. The summed E-state index contributed by atoms with van der Waals surface area (Å²) in [5.74, 6) is -1.44. The van der Waals surface area contributed by atoms with E-state index in [1.54, 1.807) is 6.07 Å². The van der Waals surface area contributed by atoms with Gasteiger partial charge in [-0.2, -0.15) is 0 Å². The lowest BCUT2D eigenvalue weighted by Crippen LogP contribution is -2.47. The largest absolute Gasteiger partial charge is 0.367 e. The summed E-state index contributed by atoms with van der Waals surface area (Å²) in [5.41, 5.74) is 16.3. The summed E-state index contributed by atoms with van der Waals surface area (Å²) in [5, 5.41) is 3.80. The van der Waals surface area contributed by atoms with Crippen molar-refractivity contribution in [3.05, 3.63) is 45.3 Å². The van der Waals surface area contributed by atoms with Crippen molar-refractivity contribution in [2.45, 2.75) is 82.5 Å². The number of primary amides is 1. The predicted octanol–water partition coefficient (Wildman–Crippen LogP) is 3.11. The number of piperidine rings is 1. The van der Waals surface area contributed by atoms with Crippen LogP contribution in [0.15, 0.2) is 23.3 Å². The van der Waals surface area contributed by atoms with Crippen molar-refractivity contribution in [1.29, 1.82) is 0 Å². The van der Waals surface area contributed by atoms with Crippen LogP contribution in [0.1, 0.15) is 79.8 Å². The number of hydrogen-bond acceptors (Lipinski definition) is 6. The monoisotopic (exact) mass is 508 g/mol. The van der Waals surface area contributed by atoms with Gasteiger partial charge in [-0.05, 0) is 72.8 Å². The van der Waals surface area contributed by atoms with E-state index in [9.17, 15) is 14.4 Å². The van der Waals surface area contributed by atoms with Crippen molar-refractivity contribution in [3.8, 4) is 0 Å². The number of likely N-dealkylation sites (tertiary alicyclic amines) is 2. The van der Waals surface area contributed by atoms with Crippen LogP contribution in [0.25, 0.3) is 10.4 Å². The smallest absolute Gasteiger partial charge is 0.249 e. The lowest BCUT2D eigenvalue weighted by atomic mass is 9.72.